The van der Waals surface area contributed by atoms with Crippen LogP contribution in [0.15, 0.2) is 12.1 Å². The van der Waals surface area contributed by atoms with Gasteiger partial charge < -0.3 is 9.47 Å². The van der Waals surface area contributed by atoms with Crippen LogP contribution in [0.25, 0.3) is 0 Å². The lowest BCUT2D eigenvalue weighted by Gasteiger charge is -2.25. The van der Waals surface area contributed by atoms with Crippen LogP contribution in [0.4, 0.5) is 8.78 Å². The zero-order valence-electron chi connectivity index (χ0n) is 16.2. The Kier molecular flexibility index (Phi) is 7.75. The van der Waals surface area contributed by atoms with Crippen LogP contribution in [-0.4, -0.2) is 30.8 Å². The molecule has 1 aromatic carbocycles. The summed E-state index contributed by atoms with van der Waals surface area (Å²) in [5.74, 6) is -0.520. The maximum atomic E-state index is 13.7. The van der Waals surface area contributed by atoms with E-state index in [0.717, 1.165) is 18.8 Å². The SMILES string of the molecule is CC(=O)OC1CCC(C)CC1.Cc1ccc2c(c1F)C(=O)OC(CCF)C2. The van der Waals surface area contributed by atoms with Gasteiger partial charge in [-0.25, -0.2) is 9.18 Å². The first-order valence-corrected chi connectivity index (χ1v) is 9.54. The summed E-state index contributed by atoms with van der Waals surface area (Å²) in [6.07, 6.45) is 4.83. The van der Waals surface area contributed by atoms with Crippen molar-refractivity contribution in [2.75, 3.05) is 6.67 Å². The van der Waals surface area contributed by atoms with Gasteiger partial charge in [0, 0.05) is 19.8 Å². The van der Waals surface area contributed by atoms with Crippen molar-refractivity contribution >= 4 is 11.9 Å². The Labute approximate surface area is 159 Å². The molecule has 2 aliphatic rings. The second kappa shape index (κ2) is 9.81. The Morgan fingerprint density at radius 2 is 1.93 bits per heavy atom. The molecule has 0 bridgehead atoms. The van der Waals surface area contributed by atoms with Gasteiger partial charge in [-0.2, -0.15) is 0 Å². The first-order valence-electron chi connectivity index (χ1n) is 9.54. The average Bonchev–Trinajstić information content (AvgIpc) is 2.60. The first-order chi connectivity index (χ1) is 12.8. The van der Waals surface area contributed by atoms with Gasteiger partial charge in [-0.05, 0) is 49.7 Å². The molecule has 0 saturated heterocycles. The molecule has 1 fully saturated rings. The molecule has 1 unspecified atom stereocenters. The van der Waals surface area contributed by atoms with Gasteiger partial charge in [-0.1, -0.05) is 19.1 Å². The van der Waals surface area contributed by atoms with Crippen molar-refractivity contribution < 1.29 is 27.8 Å². The minimum Gasteiger partial charge on any atom is -0.463 e. The van der Waals surface area contributed by atoms with E-state index in [1.165, 1.54) is 19.8 Å². The maximum absolute atomic E-state index is 13.7. The van der Waals surface area contributed by atoms with Gasteiger partial charge in [0.1, 0.15) is 18.0 Å². The van der Waals surface area contributed by atoms with E-state index in [2.05, 4.69) is 6.92 Å². The highest BCUT2D eigenvalue weighted by molar-refractivity contribution is 5.92. The molecule has 0 amide bonds. The van der Waals surface area contributed by atoms with E-state index >= 15 is 0 Å². The van der Waals surface area contributed by atoms with E-state index in [9.17, 15) is 18.4 Å². The van der Waals surface area contributed by atoms with Gasteiger partial charge in [-0.3, -0.25) is 9.18 Å². The van der Waals surface area contributed by atoms with Crippen LogP contribution >= 0.6 is 0 Å². The summed E-state index contributed by atoms with van der Waals surface area (Å²) < 4.78 is 35.9. The summed E-state index contributed by atoms with van der Waals surface area (Å²) in [5, 5.41) is 0. The zero-order chi connectivity index (χ0) is 20.0. The molecule has 27 heavy (non-hydrogen) atoms. The fraction of sp³-hybridized carbons (Fsp3) is 0.619. The van der Waals surface area contributed by atoms with Crippen LogP contribution in [0, 0.1) is 18.7 Å². The monoisotopic (exact) mass is 382 g/mol. The van der Waals surface area contributed by atoms with Gasteiger partial charge in [0.2, 0.25) is 0 Å². The number of hydrogen-bond acceptors (Lipinski definition) is 4. The Morgan fingerprint density at radius 3 is 2.52 bits per heavy atom. The molecule has 4 nitrogen and oxygen atoms in total. The minimum atomic E-state index is -0.680. The number of alkyl halides is 1. The second-order valence-corrected chi connectivity index (χ2v) is 7.43. The second-order valence-electron chi connectivity index (χ2n) is 7.43. The molecular formula is C21H28F2O4. The maximum Gasteiger partial charge on any atom is 0.341 e. The van der Waals surface area contributed by atoms with Crippen molar-refractivity contribution in [1.82, 2.24) is 0 Å². The fourth-order valence-corrected chi connectivity index (χ4v) is 3.47. The number of halogens is 2. The summed E-state index contributed by atoms with van der Waals surface area (Å²) in [7, 11) is 0. The molecule has 1 aliphatic carbocycles. The summed E-state index contributed by atoms with van der Waals surface area (Å²) in [6, 6.07) is 3.33. The molecule has 150 valence electrons. The molecule has 6 heteroatoms. The number of cyclic esters (lactones) is 1. The fourth-order valence-electron chi connectivity index (χ4n) is 3.47. The van der Waals surface area contributed by atoms with E-state index in [0.29, 0.717) is 17.5 Å². The highest BCUT2D eigenvalue weighted by Gasteiger charge is 2.29. The van der Waals surface area contributed by atoms with Crippen molar-refractivity contribution in [2.24, 2.45) is 5.92 Å². The van der Waals surface area contributed by atoms with E-state index in [1.54, 1.807) is 19.1 Å². The molecular weight excluding hydrogens is 354 g/mol. The molecule has 0 aromatic heterocycles. The molecule has 0 N–H and O–H groups in total. The van der Waals surface area contributed by atoms with E-state index < -0.39 is 24.6 Å². The lowest BCUT2D eigenvalue weighted by Crippen LogP contribution is -2.29. The van der Waals surface area contributed by atoms with Gasteiger partial charge in [0.05, 0.1) is 12.2 Å². The highest BCUT2D eigenvalue weighted by Crippen LogP contribution is 2.27. The van der Waals surface area contributed by atoms with Crippen LogP contribution in [-0.2, 0) is 20.7 Å². The standard InChI is InChI=1S/C12H12F2O2.C9H16O2/c1-7-2-3-8-6-9(4-5-13)16-12(15)10(8)11(7)14;1-7-3-5-9(6-4-7)11-8(2)10/h2-3,9H,4-6H2,1H3;7,9H,3-6H2,1-2H3. The molecule has 1 atom stereocenters. The predicted octanol–water partition coefficient (Wildman–Crippen LogP) is 4.70. The molecule has 1 saturated carbocycles. The number of carbonyl (C=O) groups is 2. The predicted molar refractivity (Wildman–Crippen MR) is 97.8 cm³/mol. The minimum absolute atomic E-state index is 0.00936. The molecule has 3 rings (SSSR count). The van der Waals surface area contributed by atoms with Crippen molar-refractivity contribution in [3.63, 3.8) is 0 Å². The lowest BCUT2D eigenvalue weighted by molar-refractivity contribution is -0.148. The Morgan fingerprint density at radius 1 is 1.26 bits per heavy atom. The molecule has 0 radical (unpaired) electrons. The number of esters is 2. The third-order valence-corrected chi connectivity index (χ3v) is 5.07. The smallest absolute Gasteiger partial charge is 0.341 e. The van der Waals surface area contributed by atoms with Crippen molar-refractivity contribution in [2.45, 2.75) is 71.5 Å². The molecule has 1 aliphatic heterocycles. The average molecular weight is 382 g/mol. The third-order valence-electron chi connectivity index (χ3n) is 5.07. The van der Waals surface area contributed by atoms with Crippen LogP contribution < -0.4 is 0 Å². The Hall–Kier alpha value is -1.98. The summed E-state index contributed by atoms with van der Waals surface area (Å²) in [4.78, 5) is 22.1. The van der Waals surface area contributed by atoms with E-state index in [-0.39, 0.29) is 24.1 Å². The molecule has 1 aromatic rings. The third kappa shape index (κ3) is 6.01. The Bertz CT molecular complexity index is 666. The molecule has 0 spiro atoms. The van der Waals surface area contributed by atoms with Crippen LogP contribution in [0.1, 0.15) is 67.4 Å². The summed E-state index contributed by atoms with van der Waals surface area (Å²) >= 11 is 0. The normalized spacial score (nSPS) is 24.2. The topological polar surface area (TPSA) is 52.6 Å². The lowest BCUT2D eigenvalue weighted by atomic mass is 9.89. The zero-order valence-corrected chi connectivity index (χ0v) is 16.2. The van der Waals surface area contributed by atoms with Gasteiger partial charge in [0.15, 0.2) is 0 Å². The number of hydrogen-bond donors (Lipinski definition) is 0. The van der Waals surface area contributed by atoms with Crippen molar-refractivity contribution in [1.29, 1.82) is 0 Å². The number of benzene rings is 1. The number of rotatable bonds is 3. The first kappa shape index (κ1) is 21.3. The Balaban J connectivity index is 0.000000208. The number of fused-ring (bicyclic) bond motifs is 1. The molecule has 1 heterocycles. The van der Waals surface area contributed by atoms with E-state index in [4.69, 9.17) is 9.47 Å². The number of carbonyl (C=O) groups excluding carboxylic acids is 2. The highest BCUT2D eigenvalue weighted by atomic mass is 19.1. The largest absolute Gasteiger partial charge is 0.463 e. The van der Waals surface area contributed by atoms with Gasteiger partial charge in [-0.15, -0.1) is 0 Å². The van der Waals surface area contributed by atoms with Crippen molar-refractivity contribution in [3.8, 4) is 0 Å². The summed E-state index contributed by atoms with van der Waals surface area (Å²) in [6.45, 7) is 4.79. The van der Waals surface area contributed by atoms with Gasteiger partial charge >= 0.3 is 11.9 Å². The quantitative estimate of drug-likeness (QED) is 0.711. The van der Waals surface area contributed by atoms with Crippen LogP contribution in [0.2, 0.25) is 0 Å². The van der Waals surface area contributed by atoms with Crippen LogP contribution in [0.3, 0.4) is 0 Å². The van der Waals surface area contributed by atoms with Gasteiger partial charge in [0.25, 0.3) is 0 Å². The number of ether oxygens (including phenoxy) is 2. The number of aryl methyl sites for hydroxylation is 1. The summed E-state index contributed by atoms with van der Waals surface area (Å²) in [5.41, 5.74) is 1.03. The van der Waals surface area contributed by atoms with Crippen molar-refractivity contribution in [3.05, 3.63) is 34.6 Å². The van der Waals surface area contributed by atoms with E-state index in [1.807, 2.05) is 0 Å². The van der Waals surface area contributed by atoms with Crippen LogP contribution in [0.5, 0.6) is 0 Å².